The van der Waals surface area contributed by atoms with Crippen LogP contribution in [0.1, 0.15) is 133 Å². The van der Waals surface area contributed by atoms with Gasteiger partial charge < -0.3 is 20.8 Å². The Hall–Kier alpha value is -4.18. The van der Waals surface area contributed by atoms with Gasteiger partial charge in [0.05, 0.1) is 22.6 Å². The van der Waals surface area contributed by atoms with Crippen molar-refractivity contribution < 1.29 is 9.31 Å². The lowest BCUT2D eigenvalue weighted by molar-refractivity contribution is 0.00578. The Bertz CT molecular complexity index is 3240. The lowest BCUT2D eigenvalue weighted by atomic mass is 9.71. The third-order valence-electron chi connectivity index (χ3n) is 14.2. The lowest BCUT2D eigenvalue weighted by Gasteiger charge is -2.32. The maximum Gasteiger partial charge on any atom is 0.496 e. The number of nitrogens with two attached hydrogens (primary N) is 2. The number of rotatable bonds is 2. The van der Waals surface area contributed by atoms with Crippen molar-refractivity contribution in [2.24, 2.45) is 0 Å². The van der Waals surface area contributed by atoms with Gasteiger partial charge >= 0.3 is 7.12 Å². The summed E-state index contributed by atoms with van der Waals surface area (Å²) in [5.74, 6) is 0. The molecule has 0 bridgehead atoms. The summed E-state index contributed by atoms with van der Waals surface area (Å²) in [6.45, 7) is 35.6. The zero-order chi connectivity index (χ0) is 51.7. The molecule has 366 valence electrons. The first-order valence-electron chi connectivity index (χ1n) is 24.4. The van der Waals surface area contributed by atoms with E-state index in [0.717, 1.165) is 35.8 Å². The van der Waals surface area contributed by atoms with Crippen molar-refractivity contribution >= 4 is 115 Å². The van der Waals surface area contributed by atoms with Crippen LogP contribution < -0.4 is 16.9 Å². The van der Waals surface area contributed by atoms with E-state index in [2.05, 4.69) is 256 Å². The molecule has 1 saturated heterocycles. The number of benzene rings is 8. The van der Waals surface area contributed by atoms with Gasteiger partial charge in [0.1, 0.15) is 0 Å². The van der Waals surface area contributed by atoms with E-state index in [1.54, 1.807) is 0 Å². The Morgan fingerprint density at radius 1 is 0.400 bits per heavy atom. The lowest BCUT2D eigenvalue weighted by Crippen LogP contribution is -2.41. The first-order chi connectivity index (χ1) is 32.3. The van der Waals surface area contributed by atoms with Crippen LogP contribution in [0.2, 0.25) is 0 Å². The molecular formula is C62H72BBr3N2O2. The van der Waals surface area contributed by atoms with Gasteiger partial charge in [-0.3, -0.25) is 0 Å². The maximum absolute atomic E-state index is 6.57. The zero-order valence-electron chi connectivity index (χ0n) is 44.2. The maximum atomic E-state index is 6.57. The number of hydrogen-bond donors (Lipinski definition) is 2. The van der Waals surface area contributed by atoms with Crippen LogP contribution in [0, 0.1) is 0 Å². The normalized spacial score (nSPS) is 15.0. The van der Waals surface area contributed by atoms with Crippen LogP contribution in [-0.4, -0.2) is 18.3 Å². The van der Waals surface area contributed by atoms with E-state index >= 15 is 0 Å². The van der Waals surface area contributed by atoms with E-state index in [4.69, 9.17) is 20.8 Å². The van der Waals surface area contributed by atoms with Gasteiger partial charge in [0.25, 0.3) is 0 Å². The number of hydrogen-bond acceptors (Lipinski definition) is 4. The SMILES string of the molecule is CC(C)(C)c1ccc2c(-c3cccc(Br)c3N)c3cc(C(C)(C)C)ccc3cc2c1.CC(C)(C)c1ccc2c(B3OC(C)(C)C(C)(C)O3)c3cc(C(C)(C)C)ccc3cc2c1.Nc1c(Br)cccc1Br. The summed E-state index contributed by atoms with van der Waals surface area (Å²) < 4.78 is 15.9. The van der Waals surface area contributed by atoms with Crippen LogP contribution in [-0.2, 0) is 31.0 Å². The fraction of sp³-hybridized carbons (Fsp3) is 0.355. The number of nitrogen functional groups attached to an aromatic ring is 2. The molecule has 1 fully saturated rings. The third-order valence-corrected chi connectivity index (χ3v) is 16.3. The third kappa shape index (κ3) is 11.1. The van der Waals surface area contributed by atoms with Gasteiger partial charge in [0.2, 0.25) is 0 Å². The van der Waals surface area contributed by atoms with Gasteiger partial charge in [-0.1, -0.05) is 168 Å². The molecule has 4 nitrogen and oxygen atoms in total. The molecule has 0 radical (unpaired) electrons. The predicted octanol–water partition coefficient (Wildman–Crippen LogP) is 18.3. The largest absolute Gasteiger partial charge is 0.496 e. The fourth-order valence-corrected chi connectivity index (χ4v) is 10.3. The molecule has 8 aromatic carbocycles. The Labute approximate surface area is 444 Å². The topological polar surface area (TPSA) is 70.5 Å². The molecule has 9 rings (SSSR count). The van der Waals surface area contributed by atoms with E-state index in [1.165, 1.54) is 70.9 Å². The summed E-state index contributed by atoms with van der Waals surface area (Å²) in [5.41, 5.74) is 22.1. The Balaban J connectivity index is 0.000000175. The molecule has 0 aromatic heterocycles. The molecule has 1 aliphatic rings. The van der Waals surface area contributed by atoms with E-state index in [9.17, 15) is 0 Å². The molecule has 0 unspecified atom stereocenters. The monoisotopic (exact) mass is 1120 g/mol. The Morgan fingerprint density at radius 3 is 1.23 bits per heavy atom. The molecule has 4 N–H and O–H groups in total. The number of halogens is 3. The van der Waals surface area contributed by atoms with E-state index in [1.807, 2.05) is 24.3 Å². The molecular weight excluding hydrogens is 1060 g/mol. The van der Waals surface area contributed by atoms with Crippen LogP contribution in [0.25, 0.3) is 54.2 Å². The highest BCUT2D eigenvalue weighted by molar-refractivity contribution is 9.11. The second-order valence-electron chi connectivity index (χ2n) is 24.2. The summed E-state index contributed by atoms with van der Waals surface area (Å²) in [6, 6.07) is 44.0. The van der Waals surface area contributed by atoms with Gasteiger partial charge in [-0.05, 0) is 210 Å². The highest BCUT2D eigenvalue weighted by Gasteiger charge is 2.52. The highest BCUT2D eigenvalue weighted by atomic mass is 79.9. The molecule has 0 aliphatic carbocycles. The minimum absolute atomic E-state index is 0.0758. The molecule has 1 aliphatic heterocycles. The summed E-state index contributed by atoms with van der Waals surface area (Å²) in [6.07, 6.45) is 0. The quantitative estimate of drug-likeness (QED) is 0.103. The molecule has 8 heteroatoms. The van der Waals surface area contributed by atoms with Crippen molar-refractivity contribution in [3.05, 3.63) is 157 Å². The van der Waals surface area contributed by atoms with Crippen LogP contribution in [0.3, 0.4) is 0 Å². The van der Waals surface area contributed by atoms with Crippen molar-refractivity contribution in [1.82, 2.24) is 0 Å². The Morgan fingerprint density at radius 2 is 0.771 bits per heavy atom. The van der Waals surface area contributed by atoms with Gasteiger partial charge in [-0.15, -0.1) is 0 Å². The summed E-state index contributed by atoms with van der Waals surface area (Å²) in [5, 5.41) is 9.91. The van der Waals surface area contributed by atoms with Crippen LogP contribution in [0.5, 0.6) is 0 Å². The number of fused-ring (bicyclic) bond motifs is 4. The minimum atomic E-state index is -0.396. The molecule has 0 saturated carbocycles. The van der Waals surface area contributed by atoms with Gasteiger partial charge in [0, 0.05) is 19.0 Å². The molecule has 0 atom stereocenters. The second kappa shape index (κ2) is 19.3. The minimum Gasteiger partial charge on any atom is -0.399 e. The molecule has 0 amide bonds. The molecule has 0 spiro atoms. The van der Waals surface area contributed by atoms with E-state index in [-0.39, 0.29) is 32.9 Å². The van der Waals surface area contributed by atoms with Gasteiger partial charge in [0.15, 0.2) is 0 Å². The van der Waals surface area contributed by atoms with Crippen molar-refractivity contribution in [2.75, 3.05) is 11.5 Å². The van der Waals surface area contributed by atoms with Crippen molar-refractivity contribution in [2.45, 2.75) is 144 Å². The van der Waals surface area contributed by atoms with Crippen molar-refractivity contribution in [3.8, 4) is 11.1 Å². The fourth-order valence-electron chi connectivity index (χ4n) is 8.91. The Kier molecular flexibility index (Phi) is 14.8. The molecule has 8 aromatic rings. The first kappa shape index (κ1) is 53.6. The number of anilines is 2. The van der Waals surface area contributed by atoms with E-state index < -0.39 is 7.12 Å². The van der Waals surface area contributed by atoms with Crippen LogP contribution in [0.4, 0.5) is 11.4 Å². The summed E-state index contributed by atoms with van der Waals surface area (Å²) in [4.78, 5) is 0. The summed E-state index contributed by atoms with van der Waals surface area (Å²) in [7, 11) is -0.396. The van der Waals surface area contributed by atoms with Crippen LogP contribution >= 0.6 is 47.8 Å². The van der Waals surface area contributed by atoms with E-state index in [0.29, 0.717) is 0 Å². The average Bonchev–Trinajstić information content (AvgIpc) is 3.48. The zero-order valence-corrected chi connectivity index (χ0v) is 49.0. The van der Waals surface area contributed by atoms with Crippen LogP contribution in [0.15, 0.2) is 135 Å². The second-order valence-corrected chi connectivity index (χ2v) is 26.8. The molecule has 70 heavy (non-hydrogen) atoms. The van der Waals surface area contributed by atoms with Crippen molar-refractivity contribution in [3.63, 3.8) is 0 Å². The average molecular weight is 1130 g/mol. The van der Waals surface area contributed by atoms with Gasteiger partial charge in [-0.25, -0.2) is 0 Å². The standard InChI is InChI=1S/C28H37BO2.C28H30BrN.C6H5Br2N/c1-25(2,3)20-13-14-22-19(16-20)15-18-11-12-21(26(4,5)6)17-23(18)24(22)29-30-27(7,8)28(9,10)31-29;1-27(2,3)19-12-13-21-18(15-19)14-17-10-11-20(28(4,5)6)16-23(17)25(21)22-8-7-9-24(29)26(22)30;7-4-2-1-3-5(8)6(4)9/h11-17H,1-10H3;7-16H,30H2,1-6H3;1-3H,9H2. The highest BCUT2D eigenvalue weighted by Crippen LogP contribution is 2.44. The number of para-hydroxylation sites is 2. The van der Waals surface area contributed by atoms with Gasteiger partial charge in [-0.2, -0.15) is 0 Å². The predicted molar refractivity (Wildman–Crippen MR) is 317 cm³/mol. The van der Waals surface area contributed by atoms with Crippen molar-refractivity contribution in [1.29, 1.82) is 0 Å². The smallest absolute Gasteiger partial charge is 0.399 e. The summed E-state index contributed by atoms with van der Waals surface area (Å²) >= 11 is 10.2. The molecule has 1 heterocycles. The first-order valence-corrected chi connectivity index (χ1v) is 26.8.